The molecule has 2 aromatic rings. The molecule has 0 saturated carbocycles. The Labute approximate surface area is 152 Å². The van der Waals surface area contributed by atoms with Crippen molar-refractivity contribution in [1.29, 1.82) is 0 Å². The molecule has 1 nitrogen and oxygen atoms in total. The van der Waals surface area contributed by atoms with Gasteiger partial charge in [-0.05, 0) is 74.9 Å². The Morgan fingerprint density at radius 3 is 2.55 bits per heavy atom. The van der Waals surface area contributed by atoms with E-state index in [1.165, 1.54) is 16.9 Å². The van der Waals surface area contributed by atoms with Crippen LogP contribution in [-0.4, -0.2) is 0 Å². The fraction of sp³-hybridized carbons (Fsp3) is 0.286. The highest BCUT2D eigenvalue weighted by Gasteiger charge is 2.24. The summed E-state index contributed by atoms with van der Waals surface area (Å²) in [6, 6.07) is 6.55. The molecule has 20 heavy (non-hydrogen) atoms. The second kappa shape index (κ2) is 6.29. The van der Waals surface area contributed by atoms with Gasteiger partial charge in [0.05, 0.1) is 16.1 Å². The monoisotopic (exact) mass is 497 g/mol. The molecule has 1 aliphatic rings. The van der Waals surface area contributed by atoms with E-state index >= 15 is 0 Å². The number of aryl methyl sites for hydroxylation is 1. The van der Waals surface area contributed by atoms with Gasteiger partial charge < -0.3 is 5.32 Å². The summed E-state index contributed by atoms with van der Waals surface area (Å²) in [5, 5.41) is 3.65. The van der Waals surface area contributed by atoms with E-state index in [0.717, 1.165) is 36.3 Å². The zero-order valence-corrected chi connectivity index (χ0v) is 16.7. The molecule has 0 spiro atoms. The Morgan fingerprint density at radius 2 is 1.85 bits per heavy atom. The van der Waals surface area contributed by atoms with E-state index < -0.39 is 0 Å². The molecule has 1 aromatic carbocycles. The maximum absolute atomic E-state index is 6.17. The number of fused-ring (bicyclic) bond motifs is 1. The van der Waals surface area contributed by atoms with Gasteiger partial charge in [-0.3, -0.25) is 0 Å². The van der Waals surface area contributed by atoms with Crippen LogP contribution >= 0.6 is 70.7 Å². The van der Waals surface area contributed by atoms with Crippen molar-refractivity contribution in [3.8, 4) is 0 Å². The fourth-order valence-corrected chi connectivity index (χ4v) is 6.40. The minimum absolute atomic E-state index is 0.330. The first-order valence-electron chi connectivity index (χ1n) is 6.24. The van der Waals surface area contributed by atoms with Crippen molar-refractivity contribution in [3.05, 3.63) is 46.4 Å². The van der Waals surface area contributed by atoms with Crippen LogP contribution in [0.5, 0.6) is 0 Å². The summed E-state index contributed by atoms with van der Waals surface area (Å²) in [6.07, 6.45) is 3.48. The SMILES string of the molecule is Clc1cc2c(s1)CCCC2Nc1c(Br)cc(Br)cc1Br. The predicted molar refractivity (Wildman–Crippen MR) is 98.2 cm³/mol. The fourth-order valence-electron chi connectivity index (χ4n) is 2.53. The topological polar surface area (TPSA) is 12.0 Å². The van der Waals surface area contributed by atoms with E-state index in [2.05, 4.69) is 71.3 Å². The molecule has 1 aromatic heterocycles. The van der Waals surface area contributed by atoms with Gasteiger partial charge in [-0.1, -0.05) is 27.5 Å². The molecule has 1 heterocycles. The molecule has 1 aliphatic carbocycles. The number of anilines is 1. The van der Waals surface area contributed by atoms with E-state index in [0.29, 0.717) is 6.04 Å². The van der Waals surface area contributed by atoms with Crippen LogP contribution in [0.2, 0.25) is 4.34 Å². The Hall–Kier alpha value is 0.450. The highest BCUT2D eigenvalue weighted by Crippen LogP contribution is 2.42. The van der Waals surface area contributed by atoms with Crippen LogP contribution in [0.1, 0.15) is 29.3 Å². The predicted octanol–water partition coefficient (Wildman–Crippen LogP) is 7.18. The standard InChI is InChI=1S/C14H11Br3ClNS/c15-7-4-9(16)14(10(17)5-7)19-11-2-1-3-12-8(11)6-13(18)20-12/h4-6,11,19H,1-3H2. The molecule has 1 unspecified atom stereocenters. The van der Waals surface area contributed by atoms with Gasteiger partial charge in [-0.15, -0.1) is 11.3 Å². The van der Waals surface area contributed by atoms with Gasteiger partial charge in [0.15, 0.2) is 0 Å². The summed E-state index contributed by atoms with van der Waals surface area (Å²) in [5.74, 6) is 0. The maximum atomic E-state index is 6.17. The molecular formula is C14H11Br3ClNS. The quantitative estimate of drug-likeness (QED) is 0.461. The molecule has 1 atom stereocenters. The lowest BCUT2D eigenvalue weighted by Crippen LogP contribution is -2.16. The first-order chi connectivity index (χ1) is 9.54. The van der Waals surface area contributed by atoms with Crippen LogP contribution in [0.25, 0.3) is 0 Å². The lowest BCUT2D eigenvalue weighted by Gasteiger charge is -2.26. The molecule has 6 heteroatoms. The summed E-state index contributed by atoms with van der Waals surface area (Å²) in [4.78, 5) is 1.42. The van der Waals surface area contributed by atoms with Crippen LogP contribution in [-0.2, 0) is 6.42 Å². The van der Waals surface area contributed by atoms with Gasteiger partial charge in [-0.25, -0.2) is 0 Å². The van der Waals surface area contributed by atoms with E-state index in [1.807, 2.05) is 0 Å². The molecule has 0 fully saturated rings. The van der Waals surface area contributed by atoms with Crippen LogP contribution in [0.4, 0.5) is 5.69 Å². The van der Waals surface area contributed by atoms with Crippen molar-refractivity contribution >= 4 is 76.4 Å². The maximum Gasteiger partial charge on any atom is 0.0934 e. The van der Waals surface area contributed by atoms with Gasteiger partial charge in [0.1, 0.15) is 0 Å². The van der Waals surface area contributed by atoms with Gasteiger partial charge >= 0.3 is 0 Å². The van der Waals surface area contributed by atoms with Gasteiger partial charge in [0, 0.05) is 18.3 Å². The van der Waals surface area contributed by atoms with Crippen molar-refractivity contribution in [1.82, 2.24) is 0 Å². The third-order valence-electron chi connectivity index (χ3n) is 3.41. The zero-order chi connectivity index (χ0) is 14.3. The number of hydrogen-bond acceptors (Lipinski definition) is 2. The van der Waals surface area contributed by atoms with E-state index in [4.69, 9.17) is 11.6 Å². The summed E-state index contributed by atoms with van der Waals surface area (Å²) in [5.41, 5.74) is 2.45. The van der Waals surface area contributed by atoms with Crippen molar-refractivity contribution < 1.29 is 0 Å². The average Bonchev–Trinajstić information content (AvgIpc) is 2.74. The van der Waals surface area contributed by atoms with E-state index in [-0.39, 0.29) is 0 Å². The van der Waals surface area contributed by atoms with Crippen molar-refractivity contribution in [3.63, 3.8) is 0 Å². The van der Waals surface area contributed by atoms with Crippen LogP contribution in [0, 0.1) is 0 Å². The second-order valence-electron chi connectivity index (χ2n) is 4.76. The average molecular weight is 500 g/mol. The molecule has 0 radical (unpaired) electrons. The number of rotatable bonds is 2. The first kappa shape index (κ1) is 15.3. The Kier molecular flexibility index (Phi) is 4.83. The third-order valence-corrected chi connectivity index (χ3v) is 6.46. The Bertz CT molecular complexity index is 633. The Morgan fingerprint density at radius 1 is 1.15 bits per heavy atom. The minimum Gasteiger partial charge on any atom is -0.376 e. The van der Waals surface area contributed by atoms with Crippen LogP contribution in [0.3, 0.4) is 0 Å². The molecule has 3 rings (SSSR count). The van der Waals surface area contributed by atoms with Crippen molar-refractivity contribution in [2.24, 2.45) is 0 Å². The highest BCUT2D eigenvalue weighted by atomic mass is 79.9. The number of hydrogen-bond donors (Lipinski definition) is 1. The minimum atomic E-state index is 0.330. The molecule has 1 N–H and O–H groups in total. The first-order valence-corrected chi connectivity index (χ1v) is 9.81. The summed E-state index contributed by atoms with van der Waals surface area (Å²) < 4.78 is 4.03. The van der Waals surface area contributed by atoms with E-state index in [9.17, 15) is 0 Å². The van der Waals surface area contributed by atoms with Crippen molar-refractivity contribution in [2.45, 2.75) is 25.3 Å². The van der Waals surface area contributed by atoms with Crippen molar-refractivity contribution in [2.75, 3.05) is 5.32 Å². The lowest BCUT2D eigenvalue weighted by molar-refractivity contribution is 0.608. The second-order valence-corrected chi connectivity index (χ2v) is 9.16. The lowest BCUT2D eigenvalue weighted by atomic mass is 9.94. The van der Waals surface area contributed by atoms with E-state index in [1.54, 1.807) is 11.3 Å². The number of benzene rings is 1. The number of nitrogens with one attached hydrogen (secondary N) is 1. The summed E-state index contributed by atoms with van der Waals surface area (Å²) in [7, 11) is 0. The number of halogens is 4. The molecule has 0 saturated heterocycles. The summed E-state index contributed by atoms with van der Waals surface area (Å²) >= 11 is 18.6. The smallest absolute Gasteiger partial charge is 0.0934 e. The third kappa shape index (κ3) is 3.12. The highest BCUT2D eigenvalue weighted by molar-refractivity contribution is 9.11. The summed E-state index contributed by atoms with van der Waals surface area (Å²) in [6.45, 7) is 0. The molecule has 0 bridgehead atoms. The largest absolute Gasteiger partial charge is 0.376 e. The molecule has 0 amide bonds. The molecule has 0 aliphatic heterocycles. The van der Waals surface area contributed by atoms with Gasteiger partial charge in [0.25, 0.3) is 0 Å². The normalized spacial score (nSPS) is 17.9. The Balaban J connectivity index is 1.93. The zero-order valence-electron chi connectivity index (χ0n) is 10.4. The van der Waals surface area contributed by atoms with Gasteiger partial charge in [0.2, 0.25) is 0 Å². The molecular weight excluding hydrogens is 489 g/mol. The van der Waals surface area contributed by atoms with Crippen LogP contribution in [0.15, 0.2) is 31.6 Å². The van der Waals surface area contributed by atoms with Crippen LogP contribution < -0.4 is 5.32 Å². The molecule has 106 valence electrons. The number of thiophene rings is 1. The van der Waals surface area contributed by atoms with Gasteiger partial charge in [-0.2, -0.15) is 0 Å².